The molecule has 0 aliphatic rings. The summed E-state index contributed by atoms with van der Waals surface area (Å²) >= 11 is 6.10. The minimum absolute atomic E-state index is 0.196. The van der Waals surface area contributed by atoms with E-state index in [2.05, 4.69) is 34.7 Å². The zero-order valence-corrected chi connectivity index (χ0v) is 12.9. The fourth-order valence-electron chi connectivity index (χ4n) is 2.74. The van der Waals surface area contributed by atoms with E-state index < -0.39 is 0 Å². The number of para-hydroxylation sites is 1. The number of halogens is 1. The maximum atomic E-state index is 6.10. The first kappa shape index (κ1) is 14.1. The summed E-state index contributed by atoms with van der Waals surface area (Å²) < 4.78 is 1.94. The van der Waals surface area contributed by atoms with Gasteiger partial charge in [-0.1, -0.05) is 41.9 Å². The smallest absolute Gasteiger partial charge is 0.0722 e. The van der Waals surface area contributed by atoms with Gasteiger partial charge in [-0.05, 0) is 30.8 Å². The van der Waals surface area contributed by atoms with Gasteiger partial charge in [0, 0.05) is 29.9 Å². The third-order valence-corrected chi connectivity index (χ3v) is 4.07. The van der Waals surface area contributed by atoms with Gasteiger partial charge < -0.3 is 5.32 Å². The molecule has 0 spiro atoms. The standard InChI is InChI=1S/C17H18ClN3/c1-19-15(12-6-5-7-13(18)10-12)11-16-14-8-3-4-9-17(14)21(2)20-16/h3-10,15,19H,11H2,1-2H3. The van der Waals surface area contributed by atoms with Crippen molar-refractivity contribution >= 4 is 22.5 Å². The minimum atomic E-state index is 0.196. The number of hydrogen-bond donors (Lipinski definition) is 1. The molecular weight excluding hydrogens is 282 g/mol. The van der Waals surface area contributed by atoms with Gasteiger partial charge in [-0.15, -0.1) is 0 Å². The second-order valence-electron chi connectivity index (χ2n) is 5.19. The fraction of sp³-hybridized carbons (Fsp3) is 0.235. The maximum Gasteiger partial charge on any atom is 0.0722 e. The van der Waals surface area contributed by atoms with Gasteiger partial charge in [0.25, 0.3) is 0 Å². The molecule has 4 heteroatoms. The summed E-state index contributed by atoms with van der Waals surface area (Å²) in [5.74, 6) is 0. The van der Waals surface area contributed by atoms with E-state index in [9.17, 15) is 0 Å². The Morgan fingerprint density at radius 3 is 2.76 bits per heavy atom. The van der Waals surface area contributed by atoms with Crippen LogP contribution in [-0.2, 0) is 13.5 Å². The number of nitrogens with one attached hydrogen (secondary N) is 1. The lowest BCUT2D eigenvalue weighted by atomic mass is 10.0. The van der Waals surface area contributed by atoms with E-state index in [1.165, 1.54) is 10.9 Å². The molecule has 3 nitrogen and oxygen atoms in total. The number of aromatic nitrogens is 2. The molecule has 0 radical (unpaired) electrons. The van der Waals surface area contributed by atoms with Crippen molar-refractivity contribution in [2.75, 3.05) is 7.05 Å². The molecule has 0 amide bonds. The summed E-state index contributed by atoms with van der Waals surface area (Å²) in [6.07, 6.45) is 0.832. The molecule has 0 bridgehead atoms. The van der Waals surface area contributed by atoms with Crippen LogP contribution in [0.1, 0.15) is 17.3 Å². The van der Waals surface area contributed by atoms with Crippen molar-refractivity contribution in [1.29, 1.82) is 0 Å². The lowest BCUT2D eigenvalue weighted by Gasteiger charge is -2.16. The quantitative estimate of drug-likeness (QED) is 0.795. The molecule has 1 aromatic heterocycles. The second-order valence-corrected chi connectivity index (χ2v) is 5.62. The zero-order chi connectivity index (χ0) is 14.8. The highest BCUT2D eigenvalue weighted by Gasteiger charge is 2.15. The molecule has 1 N–H and O–H groups in total. The maximum absolute atomic E-state index is 6.10. The fourth-order valence-corrected chi connectivity index (χ4v) is 2.94. The average Bonchev–Trinajstić information content (AvgIpc) is 2.82. The summed E-state index contributed by atoms with van der Waals surface area (Å²) in [5, 5.41) is 10.0. The van der Waals surface area contributed by atoms with Crippen LogP contribution in [0.5, 0.6) is 0 Å². The molecule has 3 rings (SSSR count). The van der Waals surface area contributed by atoms with Crippen molar-refractivity contribution in [2.24, 2.45) is 7.05 Å². The van der Waals surface area contributed by atoms with E-state index in [1.807, 2.05) is 43.0 Å². The van der Waals surface area contributed by atoms with E-state index in [1.54, 1.807) is 0 Å². The van der Waals surface area contributed by atoms with Crippen molar-refractivity contribution in [3.05, 3.63) is 64.8 Å². The molecule has 0 saturated heterocycles. The Labute approximate surface area is 129 Å². The topological polar surface area (TPSA) is 29.9 Å². The van der Waals surface area contributed by atoms with Crippen LogP contribution in [0.25, 0.3) is 10.9 Å². The van der Waals surface area contributed by atoms with E-state index >= 15 is 0 Å². The molecule has 0 aliphatic heterocycles. The van der Waals surface area contributed by atoms with Crippen LogP contribution in [0, 0.1) is 0 Å². The Morgan fingerprint density at radius 1 is 1.19 bits per heavy atom. The first-order valence-corrected chi connectivity index (χ1v) is 7.40. The Kier molecular flexibility index (Phi) is 3.95. The number of nitrogens with zero attached hydrogens (tertiary/aromatic N) is 2. The van der Waals surface area contributed by atoms with Gasteiger partial charge in [0.05, 0.1) is 11.2 Å². The lowest BCUT2D eigenvalue weighted by Crippen LogP contribution is -2.19. The number of aryl methyl sites for hydroxylation is 1. The monoisotopic (exact) mass is 299 g/mol. The molecule has 0 aliphatic carbocycles. The molecule has 0 saturated carbocycles. The second kappa shape index (κ2) is 5.88. The summed E-state index contributed by atoms with van der Waals surface area (Å²) in [5.41, 5.74) is 3.45. The van der Waals surface area contributed by atoms with E-state index in [0.717, 1.165) is 22.7 Å². The SMILES string of the molecule is CNC(Cc1nn(C)c2ccccc12)c1cccc(Cl)c1. The van der Waals surface area contributed by atoms with Crippen LogP contribution in [0.3, 0.4) is 0 Å². The predicted molar refractivity (Wildman–Crippen MR) is 87.7 cm³/mol. The van der Waals surface area contributed by atoms with E-state index in [-0.39, 0.29) is 6.04 Å². The third kappa shape index (κ3) is 2.80. The van der Waals surface area contributed by atoms with Gasteiger partial charge in [-0.3, -0.25) is 4.68 Å². The normalized spacial score (nSPS) is 12.7. The van der Waals surface area contributed by atoms with Crippen LogP contribution < -0.4 is 5.32 Å². The van der Waals surface area contributed by atoms with Crippen LogP contribution >= 0.6 is 11.6 Å². The molecule has 0 fully saturated rings. The zero-order valence-electron chi connectivity index (χ0n) is 12.2. The van der Waals surface area contributed by atoms with E-state index in [0.29, 0.717) is 0 Å². The predicted octanol–water partition coefficient (Wildman–Crippen LogP) is 3.73. The van der Waals surface area contributed by atoms with Crippen molar-refractivity contribution in [3.63, 3.8) is 0 Å². The Morgan fingerprint density at radius 2 is 2.00 bits per heavy atom. The largest absolute Gasteiger partial charge is 0.313 e. The van der Waals surface area contributed by atoms with Crippen LogP contribution in [-0.4, -0.2) is 16.8 Å². The first-order chi connectivity index (χ1) is 10.2. The molecule has 1 atom stereocenters. The van der Waals surface area contributed by atoms with Crippen molar-refractivity contribution < 1.29 is 0 Å². The van der Waals surface area contributed by atoms with Gasteiger partial charge in [0.2, 0.25) is 0 Å². The van der Waals surface area contributed by atoms with Gasteiger partial charge in [0.1, 0.15) is 0 Å². The van der Waals surface area contributed by atoms with Crippen LogP contribution in [0.4, 0.5) is 0 Å². The van der Waals surface area contributed by atoms with E-state index in [4.69, 9.17) is 11.6 Å². The van der Waals surface area contributed by atoms with Gasteiger partial charge in [-0.2, -0.15) is 5.10 Å². The van der Waals surface area contributed by atoms with Crippen LogP contribution in [0.15, 0.2) is 48.5 Å². The Bertz CT molecular complexity index is 764. The van der Waals surface area contributed by atoms with Crippen molar-refractivity contribution in [2.45, 2.75) is 12.5 Å². The van der Waals surface area contributed by atoms with Crippen molar-refractivity contribution in [1.82, 2.24) is 15.1 Å². The number of fused-ring (bicyclic) bond motifs is 1. The number of likely N-dealkylation sites (N-methyl/N-ethyl adjacent to an activating group) is 1. The Hall–Kier alpha value is -1.84. The number of benzene rings is 2. The molecular formula is C17H18ClN3. The summed E-state index contributed by atoms with van der Waals surface area (Å²) in [6, 6.07) is 16.5. The van der Waals surface area contributed by atoms with Gasteiger partial charge in [-0.25, -0.2) is 0 Å². The summed E-state index contributed by atoms with van der Waals surface area (Å²) in [6.45, 7) is 0. The minimum Gasteiger partial charge on any atom is -0.313 e. The summed E-state index contributed by atoms with van der Waals surface area (Å²) in [4.78, 5) is 0. The van der Waals surface area contributed by atoms with Crippen molar-refractivity contribution in [3.8, 4) is 0 Å². The van der Waals surface area contributed by atoms with Gasteiger partial charge in [0.15, 0.2) is 0 Å². The van der Waals surface area contributed by atoms with Gasteiger partial charge >= 0.3 is 0 Å². The third-order valence-electron chi connectivity index (χ3n) is 3.83. The lowest BCUT2D eigenvalue weighted by molar-refractivity contribution is 0.579. The highest BCUT2D eigenvalue weighted by atomic mass is 35.5. The highest BCUT2D eigenvalue weighted by molar-refractivity contribution is 6.30. The van der Waals surface area contributed by atoms with Crippen LogP contribution in [0.2, 0.25) is 5.02 Å². The first-order valence-electron chi connectivity index (χ1n) is 7.02. The molecule has 2 aromatic carbocycles. The Balaban J connectivity index is 1.96. The molecule has 1 heterocycles. The molecule has 1 unspecified atom stereocenters. The average molecular weight is 300 g/mol. The molecule has 21 heavy (non-hydrogen) atoms. The highest BCUT2D eigenvalue weighted by Crippen LogP contribution is 2.25. The molecule has 108 valence electrons. The molecule has 3 aromatic rings. The number of hydrogen-bond acceptors (Lipinski definition) is 2. The summed E-state index contributed by atoms with van der Waals surface area (Å²) in [7, 11) is 3.95. The number of rotatable bonds is 4.